The van der Waals surface area contributed by atoms with E-state index in [1.54, 1.807) is 0 Å². The average Bonchev–Trinajstić information content (AvgIpc) is 2.40. The van der Waals surface area contributed by atoms with E-state index in [1.165, 1.54) is 28.1 Å². The van der Waals surface area contributed by atoms with E-state index in [-0.39, 0.29) is 0 Å². The summed E-state index contributed by atoms with van der Waals surface area (Å²) in [6, 6.07) is 0. The third-order valence-corrected chi connectivity index (χ3v) is 3.67. The van der Waals surface area contributed by atoms with Gasteiger partial charge in [-0.25, -0.2) is 0 Å². The van der Waals surface area contributed by atoms with Crippen molar-refractivity contribution in [3.8, 4) is 0 Å². The van der Waals surface area contributed by atoms with Gasteiger partial charge in [-0.15, -0.1) is 0 Å². The van der Waals surface area contributed by atoms with Crippen LogP contribution in [0.3, 0.4) is 0 Å². The highest BCUT2D eigenvalue weighted by Gasteiger charge is 2.13. The largest absolute Gasteiger partial charge is 0.380 e. The molecule has 0 aromatic heterocycles. The lowest BCUT2D eigenvalue weighted by molar-refractivity contribution is 0.503. The standard InChI is InChI=1S/C18H32N2/c1-10-16(11-2)17(12-3)14(6)18(19-13(4)5)15(7)20(8)9/h10,19H,4,11-12H2,1-3,5-9H3/b16-10+,17-14+,18-15-. The minimum atomic E-state index is 0.967. The number of nitrogens with zero attached hydrogens (tertiary/aromatic N) is 1. The van der Waals surface area contributed by atoms with Gasteiger partial charge in [0, 0.05) is 25.5 Å². The molecule has 0 spiro atoms. The Morgan fingerprint density at radius 1 is 1.10 bits per heavy atom. The van der Waals surface area contributed by atoms with Crippen LogP contribution in [-0.2, 0) is 0 Å². The number of rotatable bonds is 7. The van der Waals surface area contributed by atoms with Crippen molar-refractivity contribution in [1.29, 1.82) is 0 Å². The van der Waals surface area contributed by atoms with E-state index in [4.69, 9.17) is 0 Å². The predicted octanol–water partition coefficient (Wildman–Crippen LogP) is 4.99. The molecular formula is C18H32N2. The lowest BCUT2D eigenvalue weighted by atomic mass is 9.93. The van der Waals surface area contributed by atoms with Crippen LogP contribution in [0.25, 0.3) is 0 Å². The second kappa shape index (κ2) is 8.68. The molecule has 0 heterocycles. The monoisotopic (exact) mass is 276 g/mol. The molecule has 0 aliphatic carbocycles. The lowest BCUT2D eigenvalue weighted by Crippen LogP contribution is -2.21. The zero-order chi connectivity index (χ0) is 15.9. The number of allylic oxidation sites excluding steroid dienone is 6. The Morgan fingerprint density at radius 3 is 1.95 bits per heavy atom. The molecule has 0 amide bonds. The van der Waals surface area contributed by atoms with Gasteiger partial charge >= 0.3 is 0 Å². The maximum Gasteiger partial charge on any atom is 0.0605 e. The number of hydrogen-bond donors (Lipinski definition) is 1. The van der Waals surface area contributed by atoms with E-state index in [9.17, 15) is 0 Å². The molecule has 2 nitrogen and oxygen atoms in total. The van der Waals surface area contributed by atoms with Crippen molar-refractivity contribution in [1.82, 2.24) is 10.2 Å². The third-order valence-electron chi connectivity index (χ3n) is 3.67. The molecule has 0 aromatic rings. The van der Waals surface area contributed by atoms with E-state index in [0.717, 1.165) is 18.5 Å². The fraction of sp³-hybridized carbons (Fsp3) is 0.556. The van der Waals surface area contributed by atoms with Crippen LogP contribution in [0.15, 0.2) is 46.5 Å². The van der Waals surface area contributed by atoms with E-state index in [1.807, 2.05) is 6.92 Å². The molecule has 114 valence electrons. The Labute approximate surface area is 125 Å². The molecule has 0 rings (SSSR count). The van der Waals surface area contributed by atoms with Crippen LogP contribution < -0.4 is 5.32 Å². The zero-order valence-electron chi connectivity index (χ0n) is 14.6. The van der Waals surface area contributed by atoms with E-state index in [2.05, 4.69) is 71.6 Å². The van der Waals surface area contributed by atoms with Crippen molar-refractivity contribution in [3.63, 3.8) is 0 Å². The van der Waals surface area contributed by atoms with Gasteiger partial charge in [-0.1, -0.05) is 26.5 Å². The molecular weight excluding hydrogens is 244 g/mol. The lowest BCUT2D eigenvalue weighted by Gasteiger charge is -2.23. The second-order valence-corrected chi connectivity index (χ2v) is 5.38. The van der Waals surface area contributed by atoms with Crippen LogP contribution in [0, 0.1) is 0 Å². The van der Waals surface area contributed by atoms with Crippen LogP contribution in [0.5, 0.6) is 0 Å². The summed E-state index contributed by atoms with van der Waals surface area (Å²) >= 11 is 0. The molecule has 1 N–H and O–H groups in total. The number of hydrogen-bond acceptors (Lipinski definition) is 2. The highest BCUT2D eigenvalue weighted by molar-refractivity contribution is 5.45. The van der Waals surface area contributed by atoms with Gasteiger partial charge in [0.2, 0.25) is 0 Å². The van der Waals surface area contributed by atoms with E-state index < -0.39 is 0 Å². The molecule has 0 fully saturated rings. The quantitative estimate of drug-likeness (QED) is 0.659. The van der Waals surface area contributed by atoms with E-state index in [0.29, 0.717) is 0 Å². The smallest absolute Gasteiger partial charge is 0.0605 e. The molecule has 0 saturated carbocycles. The van der Waals surface area contributed by atoms with Crippen molar-refractivity contribution in [2.45, 2.75) is 54.4 Å². The normalized spacial score (nSPS) is 14.5. The van der Waals surface area contributed by atoms with Crippen LogP contribution in [0.1, 0.15) is 54.4 Å². The van der Waals surface area contributed by atoms with Crippen LogP contribution in [0.2, 0.25) is 0 Å². The third kappa shape index (κ3) is 4.92. The minimum absolute atomic E-state index is 0.967. The fourth-order valence-corrected chi connectivity index (χ4v) is 2.37. The van der Waals surface area contributed by atoms with Gasteiger partial charge in [0.25, 0.3) is 0 Å². The number of nitrogens with one attached hydrogen (secondary N) is 1. The van der Waals surface area contributed by atoms with Gasteiger partial charge in [0.05, 0.1) is 5.70 Å². The Kier molecular flexibility index (Phi) is 8.05. The first-order valence-electron chi connectivity index (χ1n) is 7.46. The topological polar surface area (TPSA) is 15.3 Å². The molecule has 0 aliphatic heterocycles. The van der Waals surface area contributed by atoms with Gasteiger partial charge < -0.3 is 10.2 Å². The highest BCUT2D eigenvalue weighted by Crippen LogP contribution is 2.27. The van der Waals surface area contributed by atoms with Crippen molar-refractivity contribution in [2.24, 2.45) is 0 Å². The molecule has 0 aliphatic rings. The summed E-state index contributed by atoms with van der Waals surface area (Å²) in [5.74, 6) is 0. The Balaban J connectivity index is 6.02. The summed E-state index contributed by atoms with van der Waals surface area (Å²) in [5, 5.41) is 3.44. The van der Waals surface area contributed by atoms with Crippen molar-refractivity contribution >= 4 is 0 Å². The molecule has 0 atom stereocenters. The summed E-state index contributed by atoms with van der Waals surface area (Å²) in [5.41, 5.74) is 7.54. The minimum Gasteiger partial charge on any atom is -0.380 e. The van der Waals surface area contributed by atoms with Gasteiger partial charge in [-0.2, -0.15) is 0 Å². The van der Waals surface area contributed by atoms with E-state index >= 15 is 0 Å². The summed E-state index contributed by atoms with van der Waals surface area (Å²) in [7, 11) is 4.15. The fourth-order valence-electron chi connectivity index (χ4n) is 2.37. The van der Waals surface area contributed by atoms with Crippen LogP contribution >= 0.6 is 0 Å². The summed E-state index contributed by atoms with van der Waals surface area (Å²) < 4.78 is 0. The molecule has 20 heavy (non-hydrogen) atoms. The zero-order valence-corrected chi connectivity index (χ0v) is 14.6. The molecule has 0 unspecified atom stereocenters. The Hall–Kier alpha value is -1.44. The predicted molar refractivity (Wildman–Crippen MR) is 91.4 cm³/mol. The van der Waals surface area contributed by atoms with Crippen LogP contribution in [-0.4, -0.2) is 19.0 Å². The van der Waals surface area contributed by atoms with Crippen molar-refractivity contribution < 1.29 is 0 Å². The SMILES string of the molecule is C=C(C)NC(=C(/C)N(C)C)/C(C)=C(CC)/C(=C/C)CC. The Bertz CT molecular complexity index is 434. The average molecular weight is 276 g/mol. The summed E-state index contributed by atoms with van der Waals surface area (Å²) in [4.78, 5) is 2.14. The maximum absolute atomic E-state index is 3.99. The molecule has 0 radical (unpaired) electrons. The highest BCUT2D eigenvalue weighted by atomic mass is 15.1. The van der Waals surface area contributed by atoms with Gasteiger partial charge in [0.1, 0.15) is 0 Å². The maximum atomic E-state index is 3.99. The summed E-state index contributed by atoms with van der Waals surface area (Å²) in [6.07, 6.45) is 4.34. The van der Waals surface area contributed by atoms with Crippen molar-refractivity contribution in [2.75, 3.05) is 14.1 Å². The molecule has 2 heteroatoms. The van der Waals surface area contributed by atoms with Crippen LogP contribution in [0.4, 0.5) is 0 Å². The van der Waals surface area contributed by atoms with Gasteiger partial charge in [0.15, 0.2) is 0 Å². The molecule has 0 bridgehead atoms. The second-order valence-electron chi connectivity index (χ2n) is 5.38. The van der Waals surface area contributed by atoms with Gasteiger partial charge in [-0.05, 0) is 57.3 Å². The van der Waals surface area contributed by atoms with Gasteiger partial charge in [-0.3, -0.25) is 0 Å². The molecule has 0 saturated heterocycles. The molecule has 0 aromatic carbocycles. The summed E-state index contributed by atoms with van der Waals surface area (Å²) in [6.45, 7) is 16.9. The first kappa shape index (κ1) is 18.6. The first-order chi connectivity index (χ1) is 9.29. The van der Waals surface area contributed by atoms with Crippen molar-refractivity contribution in [3.05, 3.63) is 46.5 Å². The first-order valence-corrected chi connectivity index (χ1v) is 7.46. The Morgan fingerprint density at radius 2 is 1.65 bits per heavy atom.